The van der Waals surface area contributed by atoms with Crippen LogP contribution in [-0.4, -0.2) is 38.7 Å². The number of hydrogen-bond donors (Lipinski definition) is 1. The molecule has 1 N–H and O–H groups in total. The monoisotopic (exact) mass is 357 g/mol. The topological polar surface area (TPSA) is 79.4 Å². The number of benzene rings is 1. The quantitative estimate of drug-likeness (QED) is 0.812. The summed E-state index contributed by atoms with van der Waals surface area (Å²) < 4.78 is 37.9. The predicted molar refractivity (Wildman–Crippen MR) is 87.4 cm³/mol. The number of hydrogen-bond acceptors (Lipinski definition) is 5. The molecule has 0 saturated carbocycles. The highest BCUT2D eigenvalue weighted by Crippen LogP contribution is 2.18. The predicted octanol–water partition coefficient (Wildman–Crippen LogP) is 1.41. The van der Waals surface area contributed by atoms with Gasteiger partial charge in [-0.3, -0.25) is 9.10 Å². The van der Waals surface area contributed by atoms with Gasteiger partial charge in [0.2, 0.25) is 15.9 Å². The zero-order valence-corrected chi connectivity index (χ0v) is 14.0. The molecular formula is C14H16FN3O3S2. The lowest BCUT2D eigenvalue weighted by atomic mass is 10.3. The number of rotatable bonds is 7. The fourth-order valence-corrected chi connectivity index (χ4v) is 3.37. The molecule has 1 aromatic heterocycles. The second kappa shape index (κ2) is 7.51. The van der Waals surface area contributed by atoms with Crippen LogP contribution in [-0.2, 0) is 21.2 Å². The summed E-state index contributed by atoms with van der Waals surface area (Å²) in [5, 5.41) is 5.36. The highest BCUT2D eigenvalue weighted by atomic mass is 32.2. The number of thiazole rings is 1. The third-order valence-electron chi connectivity index (χ3n) is 2.93. The molecule has 6 nitrogen and oxygen atoms in total. The molecule has 0 saturated heterocycles. The third-order valence-corrected chi connectivity index (χ3v) is 4.91. The van der Waals surface area contributed by atoms with Crippen molar-refractivity contribution in [3.63, 3.8) is 0 Å². The van der Waals surface area contributed by atoms with E-state index in [-0.39, 0.29) is 5.69 Å². The number of nitrogens with one attached hydrogen (secondary N) is 1. The second-order valence-corrected chi connectivity index (χ2v) is 7.66. The average Bonchev–Trinajstić information content (AvgIpc) is 2.97. The first-order valence-electron chi connectivity index (χ1n) is 6.74. The van der Waals surface area contributed by atoms with Gasteiger partial charge in [-0.15, -0.1) is 11.3 Å². The maximum absolute atomic E-state index is 13.3. The van der Waals surface area contributed by atoms with Crippen LogP contribution in [0, 0.1) is 5.82 Å². The Morgan fingerprint density at radius 1 is 1.43 bits per heavy atom. The van der Waals surface area contributed by atoms with Gasteiger partial charge in [0, 0.05) is 24.5 Å². The van der Waals surface area contributed by atoms with Crippen LogP contribution in [0.25, 0.3) is 0 Å². The van der Waals surface area contributed by atoms with Crippen LogP contribution in [0.3, 0.4) is 0 Å². The fourth-order valence-electron chi connectivity index (χ4n) is 1.90. The number of amides is 1. The Bertz CT molecular complexity index is 763. The van der Waals surface area contributed by atoms with Gasteiger partial charge in [-0.2, -0.15) is 0 Å². The van der Waals surface area contributed by atoms with Crippen LogP contribution in [0.15, 0.2) is 35.8 Å². The van der Waals surface area contributed by atoms with Crippen molar-refractivity contribution in [2.45, 2.75) is 6.42 Å². The Morgan fingerprint density at radius 2 is 2.22 bits per heavy atom. The van der Waals surface area contributed by atoms with Crippen LogP contribution < -0.4 is 9.62 Å². The minimum Gasteiger partial charge on any atom is -0.354 e. The van der Waals surface area contributed by atoms with Crippen LogP contribution in [0.4, 0.5) is 10.1 Å². The van der Waals surface area contributed by atoms with Gasteiger partial charge >= 0.3 is 0 Å². The summed E-state index contributed by atoms with van der Waals surface area (Å²) in [4.78, 5) is 16.0. The number of sulfonamides is 1. The normalized spacial score (nSPS) is 11.2. The molecule has 0 radical (unpaired) electrons. The lowest BCUT2D eigenvalue weighted by Gasteiger charge is -2.21. The van der Waals surface area contributed by atoms with Gasteiger partial charge in [-0.05, 0) is 18.2 Å². The Labute approximate surface area is 138 Å². The van der Waals surface area contributed by atoms with E-state index in [2.05, 4.69) is 10.3 Å². The molecule has 0 atom stereocenters. The Kier molecular flexibility index (Phi) is 5.67. The zero-order valence-electron chi connectivity index (χ0n) is 12.4. The highest BCUT2D eigenvalue weighted by molar-refractivity contribution is 7.92. The van der Waals surface area contributed by atoms with Crippen molar-refractivity contribution >= 4 is 33.0 Å². The third kappa shape index (κ3) is 5.29. The molecule has 2 rings (SSSR count). The number of carbonyl (C=O) groups is 1. The minimum absolute atomic E-state index is 0.113. The van der Waals surface area contributed by atoms with Crippen LogP contribution in [0.5, 0.6) is 0 Å². The van der Waals surface area contributed by atoms with E-state index in [4.69, 9.17) is 0 Å². The van der Waals surface area contributed by atoms with Crippen molar-refractivity contribution in [1.82, 2.24) is 10.3 Å². The average molecular weight is 357 g/mol. The van der Waals surface area contributed by atoms with E-state index in [1.165, 1.54) is 29.5 Å². The Hall–Kier alpha value is -2.00. The lowest BCUT2D eigenvalue weighted by molar-refractivity contribution is -0.119. The summed E-state index contributed by atoms with van der Waals surface area (Å²) in [6.45, 7) is -0.0484. The van der Waals surface area contributed by atoms with E-state index in [0.29, 0.717) is 13.0 Å². The second-order valence-electron chi connectivity index (χ2n) is 4.78. The van der Waals surface area contributed by atoms with Crippen molar-refractivity contribution < 1.29 is 17.6 Å². The molecular weight excluding hydrogens is 341 g/mol. The highest BCUT2D eigenvalue weighted by Gasteiger charge is 2.21. The van der Waals surface area contributed by atoms with Crippen LogP contribution in [0.1, 0.15) is 5.01 Å². The van der Waals surface area contributed by atoms with Gasteiger partial charge in [-0.25, -0.2) is 17.8 Å². The minimum atomic E-state index is -3.70. The molecule has 9 heteroatoms. The number of nitrogens with zero attached hydrogens (tertiary/aromatic N) is 2. The fraction of sp³-hybridized carbons (Fsp3) is 0.286. The molecule has 0 unspecified atom stereocenters. The van der Waals surface area contributed by atoms with Gasteiger partial charge in [0.1, 0.15) is 12.4 Å². The smallest absolute Gasteiger partial charge is 0.240 e. The maximum Gasteiger partial charge on any atom is 0.240 e. The zero-order chi connectivity index (χ0) is 16.9. The molecule has 124 valence electrons. The largest absolute Gasteiger partial charge is 0.354 e. The molecule has 0 aliphatic rings. The van der Waals surface area contributed by atoms with Crippen LogP contribution in [0.2, 0.25) is 0 Å². The molecule has 2 aromatic rings. The van der Waals surface area contributed by atoms with E-state index in [9.17, 15) is 17.6 Å². The van der Waals surface area contributed by atoms with Crippen molar-refractivity contribution in [1.29, 1.82) is 0 Å². The Morgan fingerprint density at radius 3 is 2.83 bits per heavy atom. The van der Waals surface area contributed by atoms with Gasteiger partial charge in [0.25, 0.3) is 0 Å². The van der Waals surface area contributed by atoms with Crippen molar-refractivity contribution in [3.05, 3.63) is 46.7 Å². The first-order valence-corrected chi connectivity index (χ1v) is 9.47. The summed E-state index contributed by atoms with van der Waals surface area (Å²) in [5.74, 6) is -1.03. The molecule has 0 fully saturated rings. The van der Waals surface area contributed by atoms with Gasteiger partial charge < -0.3 is 5.32 Å². The molecule has 1 amide bonds. The van der Waals surface area contributed by atoms with E-state index in [0.717, 1.165) is 21.6 Å². The summed E-state index contributed by atoms with van der Waals surface area (Å²) in [6.07, 6.45) is 3.22. The van der Waals surface area contributed by atoms with Crippen molar-refractivity contribution in [2.75, 3.05) is 23.7 Å². The molecule has 0 aliphatic carbocycles. The summed E-state index contributed by atoms with van der Waals surface area (Å²) in [7, 11) is -3.70. The number of carbonyl (C=O) groups excluding carboxylic acids is 1. The molecule has 0 spiro atoms. The number of anilines is 1. The summed E-state index contributed by atoms with van der Waals surface area (Å²) >= 11 is 1.48. The van der Waals surface area contributed by atoms with Crippen LogP contribution >= 0.6 is 11.3 Å². The number of aromatic nitrogens is 1. The van der Waals surface area contributed by atoms with Crippen molar-refractivity contribution in [3.8, 4) is 0 Å². The van der Waals surface area contributed by atoms with Crippen molar-refractivity contribution in [2.24, 2.45) is 0 Å². The van der Waals surface area contributed by atoms with Gasteiger partial charge in [0.05, 0.1) is 17.0 Å². The first kappa shape index (κ1) is 17.4. The summed E-state index contributed by atoms with van der Waals surface area (Å²) in [6, 6.07) is 5.11. The van der Waals surface area contributed by atoms with E-state index < -0.39 is 28.3 Å². The standard InChI is InChI=1S/C14H16FN3O3S2/c1-23(20,21)18(12-4-2-3-11(15)9-12)10-13(19)16-6-5-14-17-7-8-22-14/h2-4,7-9H,5-6,10H2,1H3,(H,16,19). The molecule has 1 heterocycles. The lowest BCUT2D eigenvalue weighted by Crippen LogP contribution is -2.41. The van der Waals surface area contributed by atoms with E-state index in [1.54, 1.807) is 6.20 Å². The number of halogens is 1. The molecule has 23 heavy (non-hydrogen) atoms. The SMILES string of the molecule is CS(=O)(=O)N(CC(=O)NCCc1nccs1)c1cccc(F)c1. The van der Waals surface area contributed by atoms with E-state index in [1.807, 2.05) is 5.38 Å². The summed E-state index contributed by atoms with van der Waals surface area (Å²) in [5.41, 5.74) is 0.113. The first-order chi connectivity index (χ1) is 10.9. The molecule has 0 aliphatic heterocycles. The van der Waals surface area contributed by atoms with Gasteiger partial charge in [-0.1, -0.05) is 6.07 Å². The van der Waals surface area contributed by atoms with Gasteiger partial charge in [0.15, 0.2) is 0 Å². The molecule has 1 aromatic carbocycles. The van der Waals surface area contributed by atoms with E-state index >= 15 is 0 Å². The maximum atomic E-state index is 13.3. The Balaban J connectivity index is 1.99. The molecule has 0 bridgehead atoms.